The summed E-state index contributed by atoms with van der Waals surface area (Å²) in [6.45, 7) is 0. The van der Waals surface area contributed by atoms with Crippen LogP contribution in [0.1, 0.15) is 11.1 Å². The van der Waals surface area contributed by atoms with Crippen molar-refractivity contribution in [2.75, 3.05) is 7.11 Å². The number of nitrogens with zero attached hydrogens (tertiary/aromatic N) is 2. The van der Waals surface area contributed by atoms with Gasteiger partial charge in [0.05, 0.1) is 7.11 Å². The Bertz CT molecular complexity index is 472. The molecule has 1 aromatic carbocycles. The molecule has 0 radical (unpaired) electrons. The zero-order valence-corrected chi connectivity index (χ0v) is 8.92. The largest absolute Gasteiger partial charge is 0.493 e. The standard InChI is InChI=1S/C12H12N2O2/c1-16-12-13-8-10(11(15)14-12)7-9-5-3-2-4-6-9/h2-6,8H,7H2,1H3,(H,13,14,15). The number of ether oxygens (including phenoxy) is 1. The fourth-order valence-corrected chi connectivity index (χ4v) is 1.42. The topological polar surface area (TPSA) is 55.2 Å². The van der Waals surface area contributed by atoms with Crippen LogP contribution >= 0.6 is 0 Å². The lowest BCUT2D eigenvalue weighted by Crippen LogP contribution is -1.96. The molecule has 4 nitrogen and oxygen atoms in total. The molecule has 0 aliphatic rings. The first-order chi connectivity index (χ1) is 7.79. The molecule has 1 aromatic heterocycles. The molecule has 0 spiro atoms. The maximum Gasteiger partial charge on any atom is 0.319 e. The van der Waals surface area contributed by atoms with Gasteiger partial charge in [0.2, 0.25) is 5.88 Å². The van der Waals surface area contributed by atoms with Crippen LogP contribution in [0.4, 0.5) is 0 Å². The molecule has 0 bridgehead atoms. The number of hydrogen-bond acceptors (Lipinski definition) is 4. The van der Waals surface area contributed by atoms with E-state index in [2.05, 4.69) is 9.97 Å². The van der Waals surface area contributed by atoms with E-state index < -0.39 is 0 Å². The molecule has 0 fully saturated rings. The van der Waals surface area contributed by atoms with Crippen molar-refractivity contribution in [1.29, 1.82) is 0 Å². The minimum atomic E-state index is -0.0318. The Balaban J connectivity index is 2.22. The fourth-order valence-electron chi connectivity index (χ4n) is 1.42. The van der Waals surface area contributed by atoms with Crippen LogP contribution in [0.25, 0.3) is 0 Å². The molecular formula is C12H12N2O2. The highest BCUT2D eigenvalue weighted by atomic mass is 16.5. The molecule has 0 aliphatic heterocycles. The van der Waals surface area contributed by atoms with Crippen LogP contribution < -0.4 is 4.74 Å². The van der Waals surface area contributed by atoms with Gasteiger partial charge >= 0.3 is 6.01 Å². The highest BCUT2D eigenvalue weighted by Gasteiger charge is 2.06. The monoisotopic (exact) mass is 216 g/mol. The number of methoxy groups -OCH3 is 1. The number of benzene rings is 1. The second-order valence-electron chi connectivity index (χ2n) is 3.37. The zero-order chi connectivity index (χ0) is 11.4. The van der Waals surface area contributed by atoms with E-state index in [-0.39, 0.29) is 11.9 Å². The Kier molecular flexibility index (Phi) is 3.00. The van der Waals surface area contributed by atoms with E-state index in [0.717, 1.165) is 5.56 Å². The molecule has 0 aliphatic carbocycles. The lowest BCUT2D eigenvalue weighted by Gasteiger charge is -2.04. The summed E-state index contributed by atoms with van der Waals surface area (Å²) in [4.78, 5) is 7.77. The summed E-state index contributed by atoms with van der Waals surface area (Å²) < 4.78 is 4.82. The first kappa shape index (κ1) is 10.4. The minimum absolute atomic E-state index is 0.0318. The predicted octanol–water partition coefficient (Wildman–Crippen LogP) is 1.78. The molecule has 2 aromatic rings. The van der Waals surface area contributed by atoms with E-state index in [0.29, 0.717) is 12.0 Å². The van der Waals surface area contributed by atoms with Gasteiger partial charge in [0, 0.05) is 18.2 Å². The van der Waals surface area contributed by atoms with Gasteiger partial charge in [-0.05, 0) is 5.56 Å². The van der Waals surface area contributed by atoms with E-state index in [1.165, 1.54) is 7.11 Å². The molecular weight excluding hydrogens is 204 g/mol. The summed E-state index contributed by atoms with van der Waals surface area (Å²) in [6.07, 6.45) is 2.19. The number of aromatic nitrogens is 2. The molecule has 0 unspecified atom stereocenters. The maximum absolute atomic E-state index is 9.65. The quantitative estimate of drug-likeness (QED) is 0.849. The van der Waals surface area contributed by atoms with Crippen molar-refractivity contribution < 1.29 is 9.84 Å². The third-order valence-electron chi connectivity index (χ3n) is 2.24. The average Bonchev–Trinajstić information content (AvgIpc) is 2.33. The van der Waals surface area contributed by atoms with Crippen molar-refractivity contribution >= 4 is 0 Å². The minimum Gasteiger partial charge on any atom is -0.493 e. The van der Waals surface area contributed by atoms with E-state index in [9.17, 15) is 5.11 Å². The molecule has 0 amide bonds. The van der Waals surface area contributed by atoms with Gasteiger partial charge in [-0.1, -0.05) is 30.3 Å². The van der Waals surface area contributed by atoms with Crippen LogP contribution in [-0.2, 0) is 6.42 Å². The first-order valence-corrected chi connectivity index (χ1v) is 4.92. The van der Waals surface area contributed by atoms with Crippen LogP contribution in [0.5, 0.6) is 11.9 Å². The Morgan fingerprint density at radius 1 is 1.25 bits per heavy atom. The van der Waals surface area contributed by atoms with E-state index in [4.69, 9.17) is 4.74 Å². The molecule has 1 heterocycles. The molecule has 0 atom stereocenters. The Hall–Kier alpha value is -2.10. The van der Waals surface area contributed by atoms with Gasteiger partial charge in [-0.3, -0.25) is 0 Å². The van der Waals surface area contributed by atoms with Crippen LogP contribution in [0.3, 0.4) is 0 Å². The summed E-state index contributed by atoms with van der Waals surface area (Å²) in [5, 5.41) is 9.65. The first-order valence-electron chi connectivity index (χ1n) is 4.92. The van der Waals surface area contributed by atoms with E-state index in [1.807, 2.05) is 30.3 Å². The molecule has 1 N–H and O–H groups in total. The lowest BCUT2D eigenvalue weighted by atomic mass is 10.1. The number of rotatable bonds is 3. The lowest BCUT2D eigenvalue weighted by molar-refractivity contribution is 0.361. The summed E-state index contributed by atoms with van der Waals surface area (Å²) >= 11 is 0. The van der Waals surface area contributed by atoms with Crippen molar-refractivity contribution in [3.05, 3.63) is 47.7 Å². The van der Waals surface area contributed by atoms with E-state index >= 15 is 0 Å². The van der Waals surface area contributed by atoms with Gasteiger partial charge in [-0.25, -0.2) is 4.98 Å². The van der Waals surface area contributed by atoms with Crippen LogP contribution in [0.15, 0.2) is 36.5 Å². The molecule has 4 heteroatoms. The fraction of sp³-hybridized carbons (Fsp3) is 0.167. The third-order valence-corrected chi connectivity index (χ3v) is 2.24. The summed E-state index contributed by atoms with van der Waals surface area (Å²) in [7, 11) is 1.46. The SMILES string of the molecule is COc1ncc(Cc2ccccc2)c(O)n1. The van der Waals surface area contributed by atoms with Crippen molar-refractivity contribution in [1.82, 2.24) is 9.97 Å². The molecule has 2 rings (SSSR count). The van der Waals surface area contributed by atoms with Crippen molar-refractivity contribution in [3.63, 3.8) is 0 Å². The zero-order valence-electron chi connectivity index (χ0n) is 8.92. The highest BCUT2D eigenvalue weighted by Crippen LogP contribution is 2.18. The van der Waals surface area contributed by atoms with Gasteiger partial charge in [0.25, 0.3) is 0 Å². The number of hydrogen-bond donors (Lipinski definition) is 1. The molecule has 0 saturated heterocycles. The normalized spacial score (nSPS) is 10.1. The molecule has 0 saturated carbocycles. The van der Waals surface area contributed by atoms with Gasteiger partial charge < -0.3 is 9.84 Å². The van der Waals surface area contributed by atoms with E-state index in [1.54, 1.807) is 6.20 Å². The molecule has 16 heavy (non-hydrogen) atoms. The van der Waals surface area contributed by atoms with Crippen LogP contribution in [0, 0.1) is 0 Å². The van der Waals surface area contributed by atoms with Crippen LogP contribution in [0.2, 0.25) is 0 Å². The van der Waals surface area contributed by atoms with Crippen molar-refractivity contribution in [2.45, 2.75) is 6.42 Å². The average molecular weight is 216 g/mol. The second kappa shape index (κ2) is 4.61. The second-order valence-corrected chi connectivity index (χ2v) is 3.37. The summed E-state index contributed by atoms with van der Waals surface area (Å²) in [5.74, 6) is -0.0318. The van der Waals surface area contributed by atoms with Gasteiger partial charge in [-0.2, -0.15) is 4.98 Å². The smallest absolute Gasteiger partial charge is 0.319 e. The van der Waals surface area contributed by atoms with Gasteiger partial charge in [-0.15, -0.1) is 0 Å². The maximum atomic E-state index is 9.65. The van der Waals surface area contributed by atoms with Crippen molar-refractivity contribution in [2.24, 2.45) is 0 Å². The predicted molar refractivity (Wildman–Crippen MR) is 59.5 cm³/mol. The summed E-state index contributed by atoms with van der Waals surface area (Å²) in [5.41, 5.74) is 1.79. The third kappa shape index (κ3) is 2.28. The van der Waals surface area contributed by atoms with Gasteiger partial charge in [0.1, 0.15) is 0 Å². The van der Waals surface area contributed by atoms with Gasteiger partial charge in [0.15, 0.2) is 0 Å². The van der Waals surface area contributed by atoms with Crippen LogP contribution in [-0.4, -0.2) is 22.2 Å². The Labute approximate surface area is 93.6 Å². The van der Waals surface area contributed by atoms with Crippen molar-refractivity contribution in [3.8, 4) is 11.9 Å². The molecule has 82 valence electrons. The number of aromatic hydroxyl groups is 1. The highest BCUT2D eigenvalue weighted by molar-refractivity contribution is 5.30. The summed E-state index contributed by atoms with van der Waals surface area (Å²) in [6, 6.07) is 10.0. The Morgan fingerprint density at radius 2 is 2.00 bits per heavy atom. The Morgan fingerprint density at radius 3 is 2.62 bits per heavy atom.